The molecule has 1 aromatic carbocycles. The van der Waals surface area contributed by atoms with Gasteiger partial charge in [0.2, 0.25) is 0 Å². The average molecular weight is 669 g/mol. The lowest BCUT2D eigenvalue weighted by Crippen LogP contribution is -2.36. The summed E-state index contributed by atoms with van der Waals surface area (Å²) in [7, 11) is 0. The lowest BCUT2D eigenvalue weighted by molar-refractivity contribution is -0.137. The number of ether oxygens (including phenoxy) is 1. The van der Waals surface area contributed by atoms with E-state index < -0.39 is 5.97 Å². The fourth-order valence-electron chi connectivity index (χ4n) is 2.55. The molecule has 0 atom stereocenters. The van der Waals surface area contributed by atoms with Gasteiger partial charge in [-0.1, -0.05) is 0 Å². The molecule has 1 aliphatic rings. The van der Waals surface area contributed by atoms with Crippen molar-refractivity contribution in [1.82, 2.24) is 4.90 Å². The third-order valence-electron chi connectivity index (χ3n) is 3.77. The highest BCUT2D eigenvalue weighted by atomic mass is 127. The van der Waals surface area contributed by atoms with Gasteiger partial charge in [-0.2, -0.15) is 0 Å². The van der Waals surface area contributed by atoms with Gasteiger partial charge in [0.15, 0.2) is 0 Å². The summed E-state index contributed by atoms with van der Waals surface area (Å²) in [5.41, 5.74) is 0.701. The fourth-order valence-corrected chi connectivity index (χ4v) is 6.70. The summed E-state index contributed by atoms with van der Waals surface area (Å²) >= 11 is 6.57. The molecular formula is C16H18I3NO4. The van der Waals surface area contributed by atoms with Crippen molar-refractivity contribution in [2.45, 2.75) is 32.1 Å². The Kier molecular flexibility index (Phi) is 8.30. The zero-order valence-corrected chi connectivity index (χ0v) is 19.5. The van der Waals surface area contributed by atoms with Gasteiger partial charge < -0.3 is 14.7 Å². The predicted molar refractivity (Wildman–Crippen MR) is 117 cm³/mol. The van der Waals surface area contributed by atoms with E-state index in [1.165, 1.54) is 6.42 Å². The van der Waals surface area contributed by atoms with E-state index in [2.05, 4.69) is 67.8 Å². The number of carbonyl (C=O) groups is 2. The third kappa shape index (κ3) is 5.32. The molecule has 1 aliphatic heterocycles. The molecule has 5 nitrogen and oxygen atoms in total. The first-order chi connectivity index (χ1) is 11.4. The highest BCUT2D eigenvalue weighted by Crippen LogP contribution is 2.34. The molecule has 24 heavy (non-hydrogen) atoms. The van der Waals surface area contributed by atoms with Crippen molar-refractivity contribution in [3.8, 4) is 5.75 Å². The SMILES string of the molecule is O=C(O)CCCOc1c(I)cc(I)c(C(=O)N2CCCCC2)c1I. The first-order valence-electron chi connectivity index (χ1n) is 7.73. The van der Waals surface area contributed by atoms with Crippen molar-refractivity contribution in [2.75, 3.05) is 19.7 Å². The molecule has 1 saturated heterocycles. The molecule has 1 heterocycles. The number of piperidine rings is 1. The minimum atomic E-state index is -0.827. The minimum absolute atomic E-state index is 0.0651. The number of halogens is 3. The zero-order chi connectivity index (χ0) is 17.7. The fraction of sp³-hybridized carbons (Fsp3) is 0.500. The number of benzene rings is 1. The number of hydrogen-bond acceptors (Lipinski definition) is 3. The molecule has 132 valence electrons. The van der Waals surface area contributed by atoms with E-state index in [1.54, 1.807) is 0 Å². The van der Waals surface area contributed by atoms with Gasteiger partial charge in [-0.05, 0) is 99.5 Å². The summed E-state index contributed by atoms with van der Waals surface area (Å²) < 4.78 is 8.48. The van der Waals surface area contributed by atoms with E-state index in [4.69, 9.17) is 9.84 Å². The summed E-state index contributed by atoms with van der Waals surface area (Å²) in [6, 6.07) is 1.95. The monoisotopic (exact) mass is 669 g/mol. The molecule has 2 rings (SSSR count). The highest BCUT2D eigenvalue weighted by Gasteiger charge is 2.25. The smallest absolute Gasteiger partial charge is 0.303 e. The van der Waals surface area contributed by atoms with Gasteiger partial charge in [0, 0.05) is 23.1 Å². The van der Waals surface area contributed by atoms with Gasteiger partial charge in [-0.15, -0.1) is 0 Å². The van der Waals surface area contributed by atoms with Gasteiger partial charge >= 0.3 is 5.97 Å². The van der Waals surface area contributed by atoms with Crippen molar-refractivity contribution in [1.29, 1.82) is 0 Å². The van der Waals surface area contributed by atoms with Gasteiger partial charge in [-0.25, -0.2) is 0 Å². The van der Waals surface area contributed by atoms with Crippen LogP contribution in [0.25, 0.3) is 0 Å². The number of carboxylic acids is 1. The highest BCUT2D eigenvalue weighted by molar-refractivity contribution is 14.1. The number of amides is 1. The number of hydrogen-bond donors (Lipinski definition) is 1. The molecule has 1 fully saturated rings. The van der Waals surface area contributed by atoms with E-state index >= 15 is 0 Å². The number of carboxylic acid groups (broad SMARTS) is 1. The minimum Gasteiger partial charge on any atom is -0.491 e. The maximum atomic E-state index is 12.9. The van der Waals surface area contributed by atoms with Gasteiger partial charge in [0.25, 0.3) is 5.91 Å². The first-order valence-corrected chi connectivity index (χ1v) is 11.0. The molecular weight excluding hydrogens is 651 g/mol. The summed E-state index contributed by atoms with van der Waals surface area (Å²) in [6.45, 7) is 1.95. The second-order valence-electron chi connectivity index (χ2n) is 5.56. The summed E-state index contributed by atoms with van der Waals surface area (Å²) in [5.74, 6) is -0.0794. The zero-order valence-electron chi connectivity index (χ0n) is 13.0. The Morgan fingerprint density at radius 3 is 2.42 bits per heavy atom. The number of aliphatic carboxylic acids is 1. The number of rotatable bonds is 6. The van der Waals surface area contributed by atoms with Crippen LogP contribution in [0.3, 0.4) is 0 Å². The average Bonchev–Trinajstić information content (AvgIpc) is 2.54. The summed E-state index contributed by atoms with van der Waals surface area (Å²) in [5, 5.41) is 8.71. The maximum Gasteiger partial charge on any atom is 0.303 e. The number of likely N-dealkylation sites (tertiary alicyclic amines) is 1. The molecule has 1 amide bonds. The normalized spacial score (nSPS) is 14.5. The van der Waals surface area contributed by atoms with Crippen molar-refractivity contribution >= 4 is 79.6 Å². The number of nitrogens with zero attached hydrogens (tertiary/aromatic N) is 1. The topological polar surface area (TPSA) is 66.8 Å². The van der Waals surface area contributed by atoms with E-state index in [-0.39, 0.29) is 12.3 Å². The van der Waals surface area contributed by atoms with Crippen molar-refractivity contribution in [3.05, 3.63) is 22.3 Å². The van der Waals surface area contributed by atoms with Crippen molar-refractivity contribution in [3.63, 3.8) is 0 Å². The molecule has 0 unspecified atom stereocenters. The van der Waals surface area contributed by atoms with Crippen LogP contribution in [0.1, 0.15) is 42.5 Å². The molecule has 0 aliphatic carbocycles. The first kappa shape index (κ1) is 20.5. The van der Waals surface area contributed by atoms with Crippen LogP contribution >= 0.6 is 67.8 Å². The van der Waals surface area contributed by atoms with Crippen LogP contribution in [-0.4, -0.2) is 41.6 Å². The quantitative estimate of drug-likeness (QED) is 0.362. The van der Waals surface area contributed by atoms with E-state index in [9.17, 15) is 9.59 Å². The third-order valence-corrected chi connectivity index (χ3v) is 6.45. The van der Waals surface area contributed by atoms with Gasteiger partial charge in [0.05, 0.1) is 19.3 Å². The van der Waals surface area contributed by atoms with Crippen LogP contribution in [0, 0.1) is 10.7 Å². The molecule has 0 spiro atoms. The lowest BCUT2D eigenvalue weighted by atomic mass is 10.1. The van der Waals surface area contributed by atoms with Crippen LogP contribution in [-0.2, 0) is 4.79 Å². The Morgan fingerprint density at radius 2 is 1.79 bits per heavy atom. The molecule has 1 N–H and O–H groups in total. The van der Waals surface area contributed by atoms with Crippen LogP contribution in [0.5, 0.6) is 5.75 Å². The van der Waals surface area contributed by atoms with Crippen LogP contribution in [0.4, 0.5) is 0 Å². The maximum absolute atomic E-state index is 12.9. The van der Waals surface area contributed by atoms with E-state index in [0.29, 0.717) is 24.3 Å². The predicted octanol–water partition coefficient (Wildman–Crippen LogP) is 4.37. The second kappa shape index (κ2) is 9.74. The standard InChI is InChI=1S/C16H18I3NO4/c17-10-9-11(18)15(24-8-4-5-12(21)22)14(19)13(10)16(23)20-6-2-1-3-7-20/h9H,1-8H2,(H,21,22). The Hall–Kier alpha value is 0.150. The summed E-state index contributed by atoms with van der Waals surface area (Å²) in [6.07, 6.45) is 3.83. The molecule has 0 radical (unpaired) electrons. The van der Waals surface area contributed by atoms with Crippen LogP contribution < -0.4 is 4.74 Å². The Morgan fingerprint density at radius 1 is 1.12 bits per heavy atom. The van der Waals surface area contributed by atoms with E-state index in [0.717, 1.165) is 36.6 Å². The second-order valence-corrected chi connectivity index (χ2v) is 8.96. The molecule has 0 saturated carbocycles. The van der Waals surface area contributed by atoms with E-state index in [1.807, 2.05) is 11.0 Å². The van der Waals surface area contributed by atoms with Gasteiger partial charge in [-0.3, -0.25) is 9.59 Å². The van der Waals surface area contributed by atoms with Crippen molar-refractivity contribution < 1.29 is 19.4 Å². The Bertz CT molecular complexity index is 630. The van der Waals surface area contributed by atoms with Gasteiger partial charge in [0.1, 0.15) is 5.75 Å². The molecule has 8 heteroatoms. The Balaban J connectivity index is 2.20. The lowest BCUT2D eigenvalue weighted by Gasteiger charge is -2.28. The molecule has 0 aromatic heterocycles. The molecule has 1 aromatic rings. The van der Waals surface area contributed by atoms with Crippen LogP contribution in [0.2, 0.25) is 0 Å². The largest absolute Gasteiger partial charge is 0.491 e. The summed E-state index contributed by atoms with van der Waals surface area (Å²) in [4.78, 5) is 25.4. The van der Waals surface area contributed by atoms with Crippen LogP contribution in [0.15, 0.2) is 6.07 Å². The molecule has 0 bridgehead atoms. The number of carbonyl (C=O) groups excluding carboxylic acids is 1. The van der Waals surface area contributed by atoms with Crippen molar-refractivity contribution in [2.24, 2.45) is 0 Å². The Labute approximate surface area is 182 Å².